The Kier molecular flexibility index (Phi) is 5.26. The lowest BCUT2D eigenvalue weighted by Crippen LogP contribution is -2.30. The minimum Gasteiger partial charge on any atom is -0.369 e. The van der Waals surface area contributed by atoms with Crippen molar-refractivity contribution in [2.75, 3.05) is 11.9 Å². The Morgan fingerprint density at radius 2 is 2.12 bits per heavy atom. The van der Waals surface area contributed by atoms with Crippen LogP contribution in [0.25, 0.3) is 0 Å². The van der Waals surface area contributed by atoms with E-state index < -0.39 is 0 Å². The molecule has 0 N–H and O–H groups in total. The molecule has 1 unspecified atom stereocenters. The lowest BCUT2D eigenvalue weighted by molar-refractivity contribution is 0.580. The molecule has 0 aliphatic heterocycles. The van der Waals surface area contributed by atoms with Crippen LogP contribution < -0.4 is 4.90 Å². The molecule has 1 nitrogen and oxygen atoms in total. The van der Waals surface area contributed by atoms with Crippen LogP contribution in [0.5, 0.6) is 0 Å². The molecular formula is C13H19BrFN. The Balaban J connectivity index is 3.01. The molecule has 0 radical (unpaired) electrons. The van der Waals surface area contributed by atoms with Crippen LogP contribution in [-0.2, 0) is 5.33 Å². The van der Waals surface area contributed by atoms with E-state index in [0.29, 0.717) is 11.4 Å². The molecule has 0 aliphatic carbocycles. The predicted molar refractivity (Wildman–Crippen MR) is 71.8 cm³/mol. The van der Waals surface area contributed by atoms with Gasteiger partial charge in [-0.1, -0.05) is 41.4 Å². The van der Waals surface area contributed by atoms with Gasteiger partial charge in [-0.3, -0.25) is 0 Å². The summed E-state index contributed by atoms with van der Waals surface area (Å²) in [5.41, 5.74) is 1.73. The summed E-state index contributed by atoms with van der Waals surface area (Å²) in [7, 11) is 1.96. The highest BCUT2D eigenvalue weighted by Gasteiger charge is 2.16. The zero-order valence-electron chi connectivity index (χ0n) is 10.1. The van der Waals surface area contributed by atoms with Crippen LogP contribution in [0.15, 0.2) is 18.2 Å². The molecule has 0 saturated heterocycles. The van der Waals surface area contributed by atoms with Gasteiger partial charge in [-0.25, -0.2) is 4.39 Å². The molecule has 0 aromatic heterocycles. The number of hydrogen-bond donors (Lipinski definition) is 0. The first-order chi connectivity index (χ1) is 7.61. The van der Waals surface area contributed by atoms with E-state index in [1.165, 1.54) is 6.07 Å². The van der Waals surface area contributed by atoms with Crippen molar-refractivity contribution < 1.29 is 4.39 Å². The summed E-state index contributed by atoms with van der Waals surface area (Å²) in [6, 6.07) is 5.60. The lowest BCUT2D eigenvalue weighted by Gasteiger charge is -2.29. The van der Waals surface area contributed by atoms with E-state index in [2.05, 4.69) is 29.8 Å². The van der Waals surface area contributed by atoms with Gasteiger partial charge >= 0.3 is 0 Å². The quantitative estimate of drug-likeness (QED) is 0.728. The number of benzene rings is 1. The fraction of sp³-hybridized carbons (Fsp3) is 0.538. The van der Waals surface area contributed by atoms with E-state index >= 15 is 0 Å². The lowest BCUT2D eigenvalue weighted by atomic mass is 10.1. The molecular weight excluding hydrogens is 269 g/mol. The topological polar surface area (TPSA) is 3.24 Å². The van der Waals surface area contributed by atoms with Crippen molar-refractivity contribution in [1.29, 1.82) is 0 Å². The summed E-state index contributed by atoms with van der Waals surface area (Å²) in [6.07, 6.45) is 2.19. The Morgan fingerprint density at radius 3 is 2.69 bits per heavy atom. The van der Waals surface area contributed by atoms with Crippen molar-refractivity contribution in [3.63, 3.8) is 0 Å². The van der Waals surface area contributed by atoms with Gasteiger partial charge in [0, 0.05) is 18.4 Å². The van der Waals surface area contributed by atoms with Crippen LogP contribution in [0.3, 0.4) is 0 Å². The standard InChI is InChI=1S/C13H19BrFN/c1-4-6-10(2)16(3)13-11(9-14)7-5-8-12(13)15/h5,7-8,10H,4,6,9H2,1-3H3. The normalized spacial score (nSPS) is 12.6. The Bertz CT molecular complexity index is 341. The third kappa shape index (κ3) is 2.97. The second-order valence-corrected chi connectivity index (χ2v) is 4.69. The maximum Gasteiger partial charge on any atom is 0.146 e. The van der Waals surface area contributed by atoms with Gasteiger partial charge in [-0.2, -0.15) is 0 Å². The molecule has 0 bridgehead atoms. The SMILES string of the molecule is CCCC(C)N(C)c1c(F)cccc1CBr. The fourth-order valence-electron chi connectivity index (χ4n) is 1.89. The maximum atomic E-state index is 13.8. The van der Waals surface area contributed by atoms with Gasteiger partial charge in [-0.15, -0.1) is 0 Å². The third-order valence-electron chi connectivity index (χ3n) is 2.93. The molecule has 0 saturated carbocycles. The van der Waals surface area contributed by atoms with E-state index in [1.807, 2.05) is 18.0 Å². The van der Waals surface area contributed by atoms with Crippen molar-refractivity contribution in [2.45, 2.75) is 38.1 Å². The van der Waals surface area contributed by atoms with Gasteiger partial charge in [0.05, 0.1) is 5.69 Å². The van der Waals surface area contributed by atoms with Crippen LogP contribution in [0.1, 0.15) is 32.3 Å². The zero-order chi connectivity index (χ0) is 12.1. The largest absolute Gasteiger partial charge is 0.369 e. The van der Waals surface area contributed by atoms with E-state index in [9.17, 15) is 4.39 Å². The second-order valence-electron chi connectivity index (χ2n) is 4.13. The van der Waals surface area contributed by atoms with Gasteiger partial charge in [0.15, 0.2) is 0 Å². The predicted octanol–water partition coefficient (Wildman–Crippen LogP) is 4.35. The number of para-hydroxylation sites is 1. The third-order valence-corrected chi connectivity index (χ3v) is 3.54. The summed E-state index contributed by atoms with van der Waals surface area (Å²) in [6.45, 7) is 4.28. The summed E-state index contributed by atoms with van der Waals surface area (Å²) < 4.78 is 13.8. The molecule has 0 aliphatic rings. The number of rotatable bonds is 5. The number of hydrogen-bond acceptors (Lipinski definition) is 1. The summed E-state index contributed by atoms with van der Waals surface area (Å²) in [5.74, 6) is -0.137. The molecule has 0 amide bonds. The van der Waals surface area contributed by atoms with E-state index in [1.54, 1.807) is 6.07 Å². The zero-order valence-corrected chi connectivity index (χ0v) is 11.7. The van der Waals surface area contributed by atoms with Crippen LogP contribution in [0.4, 0.5) is 10.1 Å². The van der Waals surface area contributed by atoms with Gasteiger partial charge in [0.25, 0.3) is 0 Å². The fourth-order valence-corrected chi connectivity index (χ4v) is 2.35. The van der Waals surface area contributed by atoms with Crippen molar-refractivity contribution in [2.24, 2.45) is 0 Å². The molecule has 1 aromatic rings. The number of halogens is 2. The molecule has 0 fully saturated rings. The van der Waals surface area contributed by atoms with Crippen LogP contribution in [0, 0.1) is 5.82 Å². The highest BCUT2D eigenvalue weighted by Crippen LogP contribution is 2.27. The van der Waals surface area contributed by atoms with Gasteiger partial charge < -0.3 is 4.90 Å². The van der Waals surface area contributed by atoms with Gasteiger partial charge in [-0.05, 0) is 25.0 Å². The van der Waals surface area contributed by atoms with Crippen molar-refractivity contribution in [3.05, 3.63) is 29.6 Å². The number of nitrogens with zero attached hydrogens (tertiary/aromatic N) is 1. The Labute approximate surface area is 106 Å². The monoisotopic (exact) mass is 287 g/mol. The van der Waals surface area contributed by atoms with Gasteiger partial charge in [0.1, 0.15) is 5.82 Å². The molecule has 3 heteroatoms. The molecule has 0 heterocycles. The maximum absolute atomic E-state index is 13.8. The summed E-state index contributed by atoms with van der Waals surface area (Å²) in [4.78, 5) is 2.04. The minimum atomic E-state index is -0.137. The Hall–Kier alpha value is -0.570. The molecule has 0 spiro atoms. The molecule has 90 valence electrons. The molecule has 1 aromatic carbocycles. The highest BCUT2D eigenvalue weighted by molar-refractivity contribution is 9.08. The first kappa shape index (κ1) is 13.5. The molecule has 1 rings (SSSR count). The first-order valence-corrected chi connectivity index (χ1v) is 6.80. The molecule has 16 heavy (non-hydrogen) atoms. The summed E-state index contributed by atoms with van der Waals surface area (Å²) >= 11 is 3.41. The Morgan fingerprint density at radius 1 is 1.44 bits per heavy atom. The van der Waals surface area contributed by atoms with E-state index in [0.717, 1.165) is 24.1 Å². The average Bonchev–Trinajstić information content (AvgIpc) is 2.28. The van der Waals surface area contributed by atoms with Gasteiger partial charge in [0.2, 0.25) is 0 Å². The van der Waals surface area contributed by atoms with Crippen molar-refractivity contribution in [1.82, 2.24) is 0 Å². The second kappa shape index (κ2) is 6.24. The number of anilines is 1. The number of alkyl halides is 1. The smallest absolute Gasteiger partial charge is 0.146 e. The van der Waals surface area contributed by atoms with Crippen molar-refractivity contribution >= 4 is 21.6 Å². The van der Waals surface area contributed by atoms with Crippen LogP contribution in [0.2, 0.25) is 0 Å². The summed E-state index contributed by atoms with van der Waals surface area (Å²) in [5, 5.41) is 0.684. The minimum absolute atomic E-state index is 0.137. The first-order valence-electron chi connectivity index (χ1n) is 5.68. The van der Waals surface area contributed by atoms with Crippen LogP contribution in [-0.4, -0.2) is 13.1 Å². The average molecular weight is 288 g/mol. The van der Waals surface area contributed by atoms with Crippen molar-refractivity contribution in [3.8, 4) is 0 Å². The van der Waals surface area contributed by atoms with Crippen LogP contribution >= 0.6 is 15.9 Å². The molecule has 1 atom stereocenters. The van der Waals surface area contributed by atoms with E-state index in [-0.39, 0.29) is 5.82 Å². The highest BCUT2D eigenvalue weighted by atomic mass is 79.9. The van der Waals surface area contributed by atoms with E-state index in [4.69, 9.17) is 0 Å².